The van der Waals surface area contributed by atoms with Crippen molar-refractivity contribution in [1.82, 2.24) is 5.32 Å². The molecule has 1 heterocycles. The number of carbonyl (C=O) groups excluding carboxylic acids is 1. The monoisotopic (exact) mass is 402 g/mol. The van der Waals surface area contributed by atoms with Gasteiger partial charge in [-0.05, 0) is 36.2 Å². The van der Waals surface area contributed by atoms with Gasteiger partial charge in [-0.3, -0.25) is 4.79 Å². The molecule has 1 N–H and O–H groups in total. The second-order valence-corrected chi connectivity index (χ2v) is 9.02. The zero-order valence-electron chi connectivity index (χ0n) is 15.8. The second kappa shape index (κ2) is 9.71. The fourth-order valence-electron chi connectivity index (χ4n) is 3.14. The van der Waals surface area contributed by atoms with Crippen molar-refractivity contribution in [2.24, 2.45) is 0 Å². The molecule has 0 radical (unpaired) electrons. The topological polar surface area (TPSA) is 75.7 Å². The van der Waals surface area contributed by atoms with Crippen LogP contribution in [0.1, 0.15) is 22.3 Å². The predicted molar refractivity (Wildman–Crippen MR) is 110 cm³/mol. The summed E-state index contributed by atoms with van der Waals surface area (Å²) >= 11 is 0. The van der Waals surface area contributed by atoms with Crippen molar-refractivity contribution in [2.75, 3.05) is 43.5 Å². The molecule has 7 heteroatoms. The molecule has 28 heavy (non-hydrogen) atoms. The number of amides is 1. The second-order valence-electron chi connectivity index (χ2n) is 6.83. The van der Waals surface area contributed by atoms with Gasteiger partial charge in [-0.2, -0.15) is 0 Å². The minimum absolute atomic E-state index is 0.0325. The van der Waals surface area contributed by atoms with Crippen molar-refractivity contribution in [2.45, 2.75) is 12.2 Å². The molecule has 0 aromatic heterocycles. The Bertz CT molecular complexity index is 861. The first-order chi connectivity index (χ1) is 13.5. The Morgan fingerprint density at radius 1 is 1.00 bits per heavy atom. The van der Waals surface area contributed by atoms with E-state index < -0.39 is 9.84 Å². The lowest BCUT2D eigenvalue weighted by atomic mass is 10.1. The van der Waals surface area contributed by atoms with Gasteiger partial charge in [0.05, 0.1) is 24.7 Å². The van der Waals surface area contributed by atoms with E-state index in [1.807, 2.05) is 30.3 Å². The molecule has 1 aliphatic rings. The molecule has 0 unspecified atom stereocenters. The van der Waals surface area contributed by atoms with Crippen LogP contribution < -0.4 is 10.2 Å². The van der Waals surface area contributed by atoms with E-state index in [1.54, 1.807) is 24.3 Å². The van der Waals surface area contributed by atoms with E-state index in [1.165, 1.54) is 0 Å². The molecule has 1 fully saturated rings. The van der Waals surface area contributed by atoms with Crippen molar-refractivity contribution in [3.63, 3.8) is 0 Å². The van der Waals surface area contributed by atoms with Crippen LogP contribution in [0.25, 0.3) is 0 Å². The maximum Gasteiger partial charge on any atom is 0.251 e. The van der Waals surface area contributed by atoms with Crippen LogP contribution in [0.15, 0.2) is 54.6 Å². The number of nitrogens with zero attached hydrogens (tertiary/aromatic N) is 1. The molecule has 6 nitrogen and oxygen atoms in total. The number of ether oxygens (including phenoxy) is 1. The first-order valence-electron chi connectivity index (χ1n) is 9.49. The van der Waals surface area contributed by atoms with Gasteiger partial charge in [0.15, 0.2) is 9.84 Å². The van der Waals surface area contributed by atoms with Crippen LogP contribution in [-0.2, 0) is 20.3 Å². The number of morpholine rings is 1. The molecule has 150 valence electrons. The van der Waals surface area contributed by atoms with E-state index in [9.17, 15) is 13.2 Å². The molecule has 0 spiro atoms. The number of sulfone groups is 1. The number of benzene rings is 2. The van der Waals surface area contributed by atoms with Crippen molar-refractivity contribution in [1.29, 1.82) is 0 Å². The Kier molecular flexibility index (Phi) is 7.06. The Balaban J connectivity index is 1.42. The van der Waals surface area contributed by atoms with Gasteiger partial charge in [-0.1, -0.05) is 30.3 Å². The minimum Gasteiger partial charge on any atom is -0.378 e. The molecule has 3 rings (SSSR count). The number of hydrogen-bond donors (Lipinski definition) is 1. The van der Waals surface area contributed by atoms with Crippen LogP contribution >= 0.6 is 0 Å². The van der Waals surface area contributed by atoms with Gasteiger partial charge >= 0.3 is 0 Å². The van der Waals surface area contributed by atoms with Crippen molar-refractivity contribution >= 4 is 21.4 Å². The van der Waals surface area contributed by atoms with E-state index in [2.05, 4.69) is 10.2 Å². The minimum atomic E-state index is -3.18. The van der Waals surface area contributed by atoms with E-state index >= 15 is 0 Å². The highest BCUT2D eigenvalue weighted by atomic mass is 32.2. The molecular formula is C21H26N2O4S. The van der Waals surface area contributed by atoms with E-state index in [0.717, 1.165) is 37.6 Å². The van der Waals surface area contributed by atoms with Crippen molar-refractivity contribution in [3.05, 3.63) is 65.7 Å². The first-order valence-corrected chi connectivity index (χ1v) is 11.3. The summed E-state index contributed by atoms with van der Waals surface area (Å²) in [4.78, 5) is 14.5. The van der Waals surface area contributed by atoms with E-state index in [-0.39, 0.29) is 17.4 Å². The number of nitrogens with one attached hydrogen (secondary N) is 1. The van der Waals surface area contributed by atoms with Crippen LogP contribution in [0.5, 0.6) is 0 Å². The molecule has 1 saturated heterocycles. The molecule has 0 atom stereocenters. The molecule has 0 bridgehead atoms. The smallest absolute Gasteiger partial charge is 0.251 e. The number of carbonyl (C=O) groups is 1. The molecule has 1 amide bonds. The third-order valence-corrected chi connectivity index (χ3v) is 6.34. The fraction of sp³-hybridized carbons (Fsp3) is 0.381. The third kappa shape index (κ3) is 6.07. The summed E-state index contributed by atoms with van der Waals surface area (Å²) in [5.41, 5.74) is 2.43. The molecule has 0 aliphatic carbocycles. The summed E-state index contributed by atoms with van der Waals surface area (Å²) in [5, 5.41) is 2.80. The number of rotatable bonds is 8. The molecule has 0 saturated carbocycles. The van der Waals surface area contributed by atoms with E-state index in [0.29, 0.717) is 18.5 Å². The normalized spacial score (nSPS) is 14.6. The summed E-state index contributed by atoms with van der Waals surface area (Å²) in [7, 11) is -3.18. The highest BCUT2D eigenvalue weighted by Gasteiger charge is 2.14. The maximum atomic E-state index is 12.3. The van der Waals surface area contributed by atoms with Gasteiger partial charge in [0.1, 0.15) is 0 Å². The highest BCUT2D eigenvalue weighted by Crippen LogP contribution is 2.16. The van der Waals surface area contributed by atoms with E-state index in [4.69, 9.17) is 4.74 Å². The third-order valence-electron chi connectivity index (χ3n) is 4.65. The highest BCUT2D eigenvalue weighted by molar-refractivity contribution is 7.90. The average Bonchev–Trinajstić information content (AvgIpc) is 2.72. The largest absolute Gasteiger partial charge is 0.378 e. The SMILES string of the molecule is O=C(NCCCS(=O)(=O)Cc1ccccc1)c1ccc(N2CCOCC2)cc1. The summed E-state index contributed by atoms with van der Waals surface area (Å²) < 4.78 is 29.7. The Morgan fingerprint density at radius 3 is 2.36 bits per heavy atom. The summed E-state index contributed by atoms with van der Waals surface area (Å²) in [6.45, 7) is 3.47. The van der Waals surface area contributed by atoms with Crippen LogP contribution in [0.3, 0.4) is 0 Å². The van der Waals surface area contributed by atoms with Crippen LogP contribution in [0, 0.1) is 0 Å². The molecule has 1 aliphatic heterocycles. The van der Waals surface area contributed by atoms with Crippen LogP contribution in [-0.4, -0.2) is 52.9 Å². The van der Waals surface area contributed by atoms with Crippen molar-refractivity contribution in [3.8, 4) is 0 Å². The number of anilines is 1. The number of hydrogen-bond acceptors (Lipinski definition) is 5. The summed E-state index contributed by atoms with van der Waals surface area (Å²) in [6.07, 6.45) is 0.396. The van der Waals surface area contributed by atoms with Gasteiger partial charge in [-0.15, -0.1) is 0 Å². The molecular weight excluding hydrogens is 376 g/mol. The van der Waals surface area contributed by atoms with Crippen LogP contribution in [0.4, 0.5) is 5.69 Å². The zero-order valence-corrected chi connectivity index (χ0v) is 16.7. The maximum absolute atomic E-state index is 12.3. The lowest BCUT2D eigenvalue weighted by Crippen LogP contribution is -2.36. The zero-order chi connectivity index (χ0) is 19.8. The summed E-state index contributed by atoms with van der Waals surface area (Å²) in [6, 6.07) is 16.6. The Labute approximate surface area is 166 Å². The van der Waals surface area contributed by atoms with Crippen molar-refractivity contribution < 1.29 is 17.9 Å². The first kappa shape index (κ1) is 20.4. The molecule has 2 aromatic carbocycles. The predicted octanol–water partition coefficient (Wildman–Crippen LogP) is 2.26. The quantitative estimate of drug-likeness (QED) is 0.686. The van der Waals surface area contributed by atoms with Gasteiger partial charge in [-0.25, -0.2) is 8.42 Å². The Hall–Kier alpha value is -2.38. The molecule has 2 aromatic rings. The van der Waals surface area contributed by atoms with Gasteiger partial charge in [0.2, 0.25) is 0 Å². The van der Waals surface area contributed by atoms with Gasteiger partial charge < -0.3 is 15.0 Å². The van der Waals surface area contributed by atoms with Crippen LogP contribution in [0.2, 0.25) is 0 Å². The fourth-order valence-corrected chi connectivity index (χ4v) is 4.57. The lowest BCUT2D eigenvalue weighted by Gasteiger charge is -2.28. The van der Waals surface area contributed by atoms with Gasteiger partial charge in [0.25, 0.3) is 5.91 Å². The lowest BCUT2D eigenvalue weighted by molar-refractivity contribution is 0.0953. The summed E-state index contributed by atoms with van der Waals surface area (Å²) in [5.74, 6) is -0.0999. The van der Waals surface area contributed by atoms with Gasteiger partial charge in [0, 0.05) is 30.9 Å². The average molecular weight is 403 g/mol. The Morgan fingerprint density at radius 2 is 1.68 bits per heavy atom. The standard InChI is InChI=1S/C21H26N2O4S/c24-21(19-7-9-20(10-8-19)23-12-14-27-15-13-23)22-11-4-16-28(25,26)17-18-5-2-1-3-6-18/h1-3,5-10H,4,11-17H2,(H,22,24).